The van der Waals surface area contributed by atoms with Gasteiger partial charge in [0.05, 0.1) is 0 Å². The first-order chi connectivity index (χ1) is 5.51. The van der Waals surface area contributed by atoms with Crippen LogP contribution in [-0.2, 0) is 0 Å². The molecule has 1 rings (SSSR count). The van der Waals surface area contributed by atoms with Crippen molar-refractivity contribution in [2.24, 2.45) is 0 Å². The molecule has 1 aliphatic heterocycles. The maximum absolute atomic E-state index is 11.8. The second-order valence-electron chi connectivity index (χ2n) is 3.02. The van der Waals surface area contributed by atoms with Crippen LogP contribution in [0.2, 0.25) is 0 Å². The Morgan fingerprint density at radius 1 is 1.50 bits per heavy atom. The Hall–Kier alpha value is -0.290. The van der Waals surface area contributed by atoms with Gasteiger partial charge in [0, 0.05) is 12.6 Å². The number of likely N-dealkylation sites (N-methyl/N-ethyl adjacent to an activating group) is 1. The lowest BCUT2D eigenvalue weighted by molar-refractivity contribution is -0.163. The van der Waals surface area contributed by atoms with Crippen LogP contribution in [0.15, 0.2) is 0 Å². The number of alkyl halides is 3. The summed E-state index contributed by atoms with van der Waals surface area (Å²) in [5.74, 6) is 0. The molecule has 0 saturated carbocycles. The third-order valence-electron chi connectivity index (χ3n) is 2.09. The van der Waals surface area contributed by atoms with Crippen LogP contribution in [-0.4, -0.2) is 36.9 Å². The van der Waals surface area contributed by atoms with Gasteiger partial charge in [0.1, 0.15) is 0 Å². The zero-order valence-corrected chi connectivity index (χ0v) is 6.99. The summed E-state index contributed by atoms with van der Waals surface area (Å²) in [6, 6.07) is -0.412. The lowest BCUT2D eigenvalue weighted by atomic mass is 10.3. The van der Waals surface area contributed by atoms with E-state index in [-0.39, 0.29) is 0 Å². The van der Waals surface area contributed by atoms with Crippen LogP contribution >= 0.6 is 0 Å². The molecule has 1 N–H and O–H groups in total. The van der Waals surface area contributed by atoms with E-state index < -0.39 is 12.3 Å². The Morgan fingerprint density at radius 3 is 2.58 bits per heavy atom. The van der Waals surface area contributed by atoms with Crippen molar-refractivity contribution in [2.45, 2.75) is 25.7 Å². The minimum absolute atomic E-state index is 0.412. The zero-order chi connectivity index (χ0) is 9.19. The molecule has 0 radical (unpaired) electrons. The molecule has 0 aromatic rings. The van der Waals surface area contributed by atoms with E-state index >= 15 is 0 Å². The molecule has 0 aromatic heterocycles. The average Bonchev–Trinajstić information content (AvgIpc) is 2.32. The van der Waals surface area contributed by atoms with Gasteiger partial charge in [0.2, 0.25) is 0 Å². The summed E-state index contributed by atoms with van der Waals surface area (Å²) in [4.78, 5) is 2.00. The Kier molecular flexibility index (Phi) is 2.95. The van der Waals surface area contributed by atoms with Crippen LogP contribution in [0, 0.1) is 0 Å². The van der Waals surface area contributed by atoms with Gasteiger partial charge in [-0.1, -0.05) is 6.92 Å². The molecule has 0 aliphatic carbocycles. The average molecular weight is 182 g/mol. The van der Waals surface area contributed by atoms with Crippen molar-refractivity contribution in [1.29, 1.82) is 0 Å². The Labute approximate surface area is 69.7 Å². The van der Waals surface area contributed by atoms with E-state index in [1.807, 2.05) is 11.8 Å². The third-order valence-corrected chi connectivity index (χ3v) is 2.09. The van der Waals surface area contributed by atoms with E-state index in [0.717, 1.165) is 13.1 Å². The number of hydrogen-bond acceptors (Lipinski definition) is 2. The van der Waals surface area contributed by atoms with Gasteiger partial charge in [-0.05, 0) is 19.5 Å². The fourth-order valence-corrected chi connectivity index (χ4v) is 1.47. The van der Waals surface area contributed by atoms with Gasteiger partial charge in [0.15, 0.2) is 0 Å². The number of nitrogens with zero attached hydrogens (tertiary/aromatic N) is 1. The molecule has 1 atom stereocenters. The van der Waals surface area contributed by atoms with Crippen molar-refractivity contribution in [1.82, 2.24) is 10.2 Å². The number of halogens is 3. The van der Waals surface area contributed by atoms with E-state index in [2.05, 4.69) is 0 Å². The summed E-state index contributed by atoms with van der Waals surface area (Å²) in [5.41, 5.74) is 0. The van der Waals surface area contributed by atoms with Crippen LogP contribution in [0.3, 0.4) is 0 Å². The van der Waals surface area contributed by atoms with Crippen molar-refractivity contribution in [2.75, 3.05) is 19.6 Å². The van der Waals surface area contributed by atoms with Gasteiger partial charge in [-0.3, -0.25) is 0 Å². The Morgan fingerprint density at radius 2 is 2.17 bits per heavy atom. The lowest BCUT2D eigenvalue weighted by Gasteiger charge is -2.16. The minimum atomic E-state index is -4.23. The number of likely N-dealkylation sites (tertiary alicyclic amines) is 1. The first-order valence-electron chi connectivity index (χ1n) is 4.08. The van der Waals surface area contributed by atoms with Gasteiger partial charge in [-0.2, -0.15) is 13.2 Å². The van der Waals surface area contributed by atoms with E-state index in [1.54, 1.807) is 5.32 Å². The maximum atomic E-state index is 11.8. The molecule has 1 fully saturated rings. The van der Waals surface area contributed by atoms with Crippen LogP contribution in [0.25, 0.3) is 0 Å². The molecule has 12 heavy (non-hydrogen) atoms. The summed E-state index contributed by atoms with van der Waals surface area (Å²) >= 11 is 0. The lowest BCUT2D eigenvalue weighted by Crippen LogP contribution is -2.42. The molecule has 72 valence electrons. The van der Waals surface area contributed by atoms with Gasteiger partial charge >= 0.3 is 6.30 Å². The molecule has 1 heterocycles. The molecule has 0 aromatic carbocycles. The van der Waals surface area contributed by atoms with E-state index in [0.29, 0.717) is 13.0 Å². The first kappa shape index (κ1) is 9.80. The smallest absolute Gasteiger partial charge is 0.302 e. The fraction of sp³-hybridized carbons (Fsp3) is 1.00. The van der Waals surface area contributed by atoms with Crippen LogP contribution in [0.1, 0.15) is 13.3 Å². The zero-order valence-electron chi connectivity index (χ0n) is 6.99. The van der Waals surface area contributed by atoms with Gasteiger partial charge in [-0.15, -0.1) is 0 Å². The first-order valence-corrected chi connectivity index (χ1v) is 4.08. The van der Waals surface area contributed by atoms with Crippen molar-refractivity contribution < 1.29 is 13.2 Å². The second-order valence-corrected chi connectivity index (χ2v) is 3.02. The van der Waals surface area contributed by atoms with Gasteiger partial charge in [-0.25, -0.2) is 5.32 Å². The standard InChI is InChI=1S/C7H13F3N2/c1-2-12-4-3-6(5-12)11-7(8,9)10/h6,11H,2-5H2,1H3. The topological polar surface area (TPSA) is 15.3 Å². The van der Waals surface area contributed by atoms with Crippen molar-refractivity contribution in [3.8, 4) is 0 Å². The normalized spacial score (nSPS) is 26.5. The largest absolute Gasteiger partial charge is 0.457 e. The molecule has 1 saturated heterocycles. The monoisotopic (exact) mass is 182 g/mol. The molecule has 0 bridgehead atoms. The molecular formula is C7H13F3N2. The number of nitrogens with one attached hydrogen (secondary N) is 1. The minimum Gasteiger partial charge on any atom is -0.302 e. The predicted molar refractivity (Wildman–Crippen MR) is 39.7 cm³/mol. The fourth-order valence-electron chi connectivity index (χ4n) is 1.47. The SMILES string of the molecule is CCN1CCC(NC(F)(F)F)C1. The summed E-state index contributed by atoms with van der Waals surface area (Å²) in [5, 5.41) is 1.64. The Bertz CT molecular complexity index is 146. The molecule has 5 heteroatoms. The summed E-state index contributed by atoms with van der Waals surface area (Å²) < 4.78 is 35.4. The van der Waals surface area contributed by atoms with Crippen molar-refractivity contribution in [3.05, 3.63) is 0 Å². The van der Waals surface area contributed by atoms with Crippen molar-refractivity contribution >= 4 is 0 Å². The highest BCUT2D eigenvalue weighted by Gasteiger charge is 2.33. The summed E-state index contributed by atoms with van der Waals surface area (Å²) in [6.07, 6.45) is -3.64. The molecule has 1 aliphatic rings. The highest BCUT2D eigenvalue weighted by molar-refractivity contribution is 4.80. The quantitative estimate of drug-likeness (QED) is 0.645. The maximum Gasteiger partial charge on any atom is 0.457 e. The molecule has 1 unspecified atom stereocenters. The highest BCUT2D eigenvalue weighted by Crippen LogP contribution is 2.16. The Balaban J connectivity index is 2.28. The van der Waals surface area contributed by atoms with E-state index in [1.165, 1.54) is 0 Å². The van der Waals surface area contributed by atoms with Crippen molar-refractivity contribution in [3.63, 3.8) is 0 Å². The van der Waals surface area contributed by atoms with E-state index in [4.69, 9.17) is 0 Å². The third kappa shape index (κ3) is 2.98. The van der Waals surface area contributed by atoms with Crippen LogP contribution in [0.5, 0.6) is 0 Å². The number of rotatable bonds is 2. The number of hydrogen-bond donors (Lipinski definition) is 1. The molecular weight excluding hydrogens is 169 g/mol. The molecule has 0 spiro atoms. The van der Waals surface area contributed by atoms with E-state index in [9.17, 15) is 13.2 Å². The second kappa shape index (κ2) is 3.62. The van der Waals surface area contributed by atoms with Gasteiger partial charge in [0.25, 0.3) is 0 Å². The molecule has 2 nitrogen and oxygen atoms in total. The van der Waals surface area contributed by atoms with Crippen LogP contribution < -0.4 is 5.32 Å². The van der Waals surface area contributed by atoms with Crippen LogP contribution in [0.4, 0.5) is 13.2 Å². The summed E-state index contributed by atoms with van der Waals surface area (Å²) in [6.45, 7) is 4.06. The highest BCUT2D eigenvalue weighted by atomic mass is 19.4. The predicted octanol–water partition coefficient (Wildman–Crippen LogP) is 1.19. The van der Waals surface area contributed by atoms with Gasteiger partial charge < -0.3 is 4.90 Å². The summed E-state index contributed by atoms with van der Waals surface area (Å²) in [7, 11) is 0. The molecule has 0 amide bonds.